The Morgan fingerprint density at radius 3 is 2.59 bits per heavy atom. The second-order valence-electron chi connectivity index (χ2n) is 7.31. The van der Waals surface area contributed by atoms with Crippen molar-refractivity contribution < 1.29 is 13.9 Å². The average molecular weight is 559 g/mol. The smallest absolute Gasteiger partial charge is 0.291 e. The molecule has 0 radical (unpaired) electrons. The van der Waals surface area contributed by atoms with E-state index < -0.39 is 0 Å². The summed E-state index contributed by atoms with van der Waals surface area (Å²) in [5.41, 5.74) is 3.73. The van der Waals surface area contributed by atoms with Crippen LogP contribution in [0.1, 0.15) is 33.3 Å². The number of hydrogen-bond acceptors (Lipinski definition) is 4. The molecule has 4 rings (SSSR count). The Labute approximate surface area is 202 Å². The number of benzene rings is 2. The van der Waals surface area contributed by atoms with Gasteiger partial charge in [-0.05, 0) is 83.9 Å². The summed E-state index contributed by atoms with van der Waals surface area (Å²) < 4.78 is 15.3. The van der Waals surface area contributed by atoms with Crippen molar-refractivity contribution in [2.45, 2.75) is 27.0 Å². The van der Waals surface area contributed by atoms with Crippen molar-refractivity contribution in [3.8, 4) is 5.75 Å². The summed E-state index contributed by atoms with van der Waals surface area (Å²) in [7, 11) is 0. The Hall–Kier alpha value is -2.84. The number of hydrogen-bond donors (Lipinski definition) is 1. The summed E-state index contributed by atoms with van der Waals surface area (Å²) in [6.45, 7) is 4.83. The van der Waals surface area contributed by atoms with Gasteiger partial charge < -0.3 is 14.5 Å². The molecule has 0 spiro atoms. The van der Waals surface area contributed by atoms with Crippen molar-refractivity contribution in [3.63, 3.8) is 0 Å². The van der Waals surface area contributed by atoms with Gasteiger partial charge in [-0.2, -0.15) is 5.10 Å². The van der Waals surface area contributed by atoms with E-state index in [9.17, 15) is 4.79 Å². The molecule has 1 amide bonds. The number of carbonyl (C=O) groups excluding carboxylic acids is 1. The lowest BCUT2D eigenvalue weighted by Crippen LogP contribution is -2.11. The van der Waals surface area contributed by atoms with E-state index >= 15 is 0 Å². The number of aromatic nitrogens is 2. The molecule has 1 N–H and O–H groups in total. The maximum absolute atomic E-state index is 12.6. The van der Waals surface area contributed by atoms with Gasteiger partial charge in [-0.1, -0.05) is 28.1 Å². The monoisotopic (exact) mass is 557 g/mol. The van der Waals surface area contributed by atoms with Crippen LogP contribution >= 0.6 is 31.9 Å². The third-order valence-electron chi connectivity index (χ3n) is 4.89. The molecule has 2 aromatic carbocycles. The van der Waals surface area contributed by atoms with Crippen LogP contribution < -0.4 is 10.1 Å². The average Bonchev–Trinajstić information content (AvgIpc) is 3.35. The molecule has 0 fully saturated rings. The highest BCUT2D eigenvalue weighted by Crippen LogP contribution is 2.22. The summed E-state index contributed by atoms with van der Waals surface area (Å²) >= 11 is 6.94. The molecular formula is C24H21Br2N3O3. The van der Waals surface area contributed by atoms with E-state index in [1.807, 2.05) is 67.1 Å². The molecule has 0 aliphatic rings. The second-order valence-corrected chi connectivity index (χ2v) is 9.01. The Morgan fingerprint density at radius 2 is 1.88 bits per heavy atom. The molecule has 32 heavy (non-hydrogen) atoms. The molecule has 164 valence electrons. The molecule has 6 nitrogen and oxygen atoms in total. The Balaban J connectivity index is 1.38. The minimum Gasteiger partial charge on any atom is -0.486 e. The lowest BCUT2D eigenvalue weighted by atomic mass is 10.2. The lowest BCUT2D eigenvalue weighted by Gasteiger charge is -2.08. The van der Waals surface area contributed by atoms with Gasteiger partial charge in [0.2, 0.25) is 0 Å². The molecule has 8 heteroatoms. The molecule has 0 saturated heterocycles. The Kier molecular flexibility index (Phi) is 6.81. The highest BCUT2D eigenvalue weighted by molar-refractivity contribution is 9.10. The number of nitrogens with one attached hydrogen (secondary N) is 1. The quantitative estimate of drug-likeness (QED) is 0.281. The highest BCUT2D eigenvalue weighted by Gasteiger charge is 2.13. The van der Waals surface area contributed by atoms with Gasteiger partial charge in [0, 0.05) is 10.2 Å². The molecule has 0 atom stereocenters. The van der Waals surface area contributed by atoms with Gasteiger partial charge in [-0.3, -0.25) is 9.48 Å². The zero-order valence-corrected chi connectivity index (χ0v) is 20.7. The van der Waals surface area contributed by atoms with E-state index in [1.54, 1.807) is 12.1 Å². The topological polar surface area (TPSA) is 69.3 Å². The van der Waals surface area contributed by atoms with Crippen LogP contribution in [0.4, 0.5) is 5.69 Å². The van der Waals surface area contributed by atoms with E-state index in [2.05, 4.69) is 42.3 Å². The molecular weight excluding hydrogens is 538 g/mol. The fourth-order valence-corrected chi connectivity index (χ4v) is 3.75. The number of anilines is 1. The zero-order valence-electron chi connectivity index (χ0n) is 17.6. The van der Waals surface area contributed by atoms with Crippen LogP contribution in [0.5, 0.6) is 5.75 Å². The van der Waals surface area contributed by atoms with Crippen molar-refractivity contribution in [1.82, 2.24) is 9.78 Å². The third kappa shape index (κ3) is 5.31. The molecule has 0 aliphatic heterocycles. The van der Waals surface area contributed by atoms with E-state index in [4.69, 9.17) is 9.15 Å². The van der Waals surface area contributed by atoms with Crippen LogP contribution in [-0.4, -0.2) is 15.7 Å². The first-order valence-corrected chi connectivity index (χ1v) is 11.5. The first-order valence-electron chi connectivity index (χ1n) is 9.96. The van der Waals surface area contributed by atoms with Crippen molar-refractivity contribution in [2.75, 3.05) is 5.32 Å². The van der Waals surface area contributed by atoms with E-state index in [0.717, 1.165) is 31.6 Å². The summed E-state index contributed by atoms with van der Waals surface area (Å²) in [5, 5.41) is 7.43. The first-order chi connectivity index (χ1) is 15.4. The summed E-state index contributed by atoms with van der Waals surface area (Å²) in [5.74, 6) is 1.21. The van der Waals surface area contributed by atoms with Gasteiger partial charge in [0.25, 0.3) is 5.91 Å². The normalized spacial score (nSPS) is 10.9. The molecule has 0 unspecified atom stereocenters. The van der Waals surface area contributed by atoms with E-state index in [-0.39, 0.29) is 18.3 Å². The number of furan rings is 1. The van der Waals surface area contributed by atoms with Crippen LogP contribution in [0.2, 0.25) is 0 Å². The zero-order chi connectivity index (χ0) is 22.7. The van der Waals surface area contributed by atoms with Gasteiger partial charge in [0.15, 0.2) is 5.76 Å². The van der Waals surface area contributed by atoms with Gasteiger partial charge >= 0.3 is 0 Å². The largest absolute Gasteiger partial charge is 0.486 e. The molecule has 0 bridgehead atoms. The van der Waals surface area contributed by atoms with Crippen LogP contribution in [0.25, 0.3) is 0 Å². The number of rotatable bonds is 7. The van der Waals surface area contributed by atoms with Crippen LogP contribution in [-0.2, 0) is 13.2 Å². The fourth-order valence-electron chi connectivity index (χ4n) is 3.20. The van der Waals surface area contributed by atoms with Gasteiger partial charge in [0.05, 0.1) is 22.4 Å². The molecule has 0 aliphatic carbocycles. The number of halogens is 2. The van der Waals surface area contributed by atoms with E-state index in [1.165, 1.54) is 0 Å². The summed E-state index contributed by atoms with van der Waals surface area (Å²) in [6.07, 6.45) is 0. The minimum atomic E-state index is -0.314. The molecule has 2 aromatic heterocycles. The molecule has 2 heterocycles. The number of carbonyl (C=O) groups is 1. The lowest BCUT2D eigenvalue weighted by molar-refractivity contribution is 0.0992. The van der Waals surface area contributed by atoms with Crippen LogP contribution in [0.3, 0.4) is 0 Å². The molecule has 4 aromatic rings. The van der Waals surface area contributed by atoms with Gasteiger partial charge in [0.1, 0.15) is 18.1 Å². The standard InChI is InChI=1S/C24H21Br2N3O3/c1-15-23(26)16(2)29(28-15)13-17-4-3-5-19(12-17)27-24(30)22-11-10-21(32-22)14-31-20-8-6-18(25)7-9-20/h3-12H,13-14H2,1-2H3,(H,27,30). The predicted molar refractivity (Wildman–Crippen MR) is 130 cm³/mol. The van der Waals surface area contributed by atoms with Crippen molar-refractivity contribution in [2.24, 2.45) is 0 Å². The highest BCUT2D eigenvalue weighted by atomic mass is 79.9. The van der Waals surface area contributed by atoms with Gasteiger partial charge in [-0.15, -0.1) is 0 Å². The number of ether oxygens (including phenoxy) is 1. The van der Waals surface area contributed by atoms with E-state index in [0.29, 0.717) is 18.0 Å². The van der Waals surface area contributed by atoms with Crippen LogP contribution in [0, 0.1) is 13.8 Å². The molecule has 0 saturated carbocycles. The van der Waals surface area contributed by atoms with Gasteiger partial charge in [-0.25, -0.2) is 0 Å². The maximum Gasteiger partial charge on any atom is 0.291 e. The number of aryl methyl sites for hydroxylation is 1. The number of nitrogens with zero attached hydrogens (tertiary/aromatic N) is 2. The SMILES string of the molecule is Cc1nn(Cc2cccc(NC(=O)c3ccc(COc4ccc(Br)cc4)o3)c2)c(C)c1Br. The Bertz CT molecular complexity index is 1250. The Morgan fingerprint density at radius 1 is 1.09 bits per heavy atom. The van der Waals surface area contributed by atoms with Crippen molar-refractivity contribution >= 4 is 43.5 Å². The summed E-state index contributed by atoms with van der Waals surface area (Å²) in [6, 6.07) is 18.6. The minimum absolute atomic E-state index is 0.229. The van der Waals surface area contributed by atoms with Crippen molar-refractivity contribution in [1.29, 1.82) is 0 Å². The van der Waals surface area contributed by atoms with Crippen molar-refractivity contribution in [3.05, 3.63) is 98.1 Å². The third-order valence-corrected chi connectivity index (χ3v) is 6.57. The predicted octanol–water partition coefficient (Wildman–Crippen LogP) is 6.50. The second kappa shape index (κ2) is 9.75. The van der Waals surface area contributed by atoms with Crippen LogP contribution in [0.15, 0.2) is 74.0 Å². The first kappa shape index (κ1) is 22.4. The fraction of sp³-hybridized carbons (Fsp3) is 0.167. The summed E-state index contributed by atoms with van der Waals surface area (Å²) in [4.78, 5) is 12.6. The number of amides is 1. The maximum atomic E-state index is 12.6.